The van der Waals surface area contributed by atoms with E-state index in [2.05, 4.69) is 9.88 Å². The average Bonchev–Trinajstić information content (AvgIpc) is 3.38. The highest BCUT2D eigenvalue weighted by Gasteiger charge is 2.27. The Labute approximate surface area is 169 Å². The van der Waals surface area contributed by atoms with Crippen LogP contribution in [0.1, 0.15) is 22.2 Å². The summed E-state index contributed by atoms with van der Waals surface area (Å²) in [7, 11) is -4.02. The van der Waals surface area contributed by atoms with Crippen LogP contribution in [0.4, 0.5) is 5.88 Å². The van der Waals surface area contributed by atoms with Crippen molar-refractivity contribution in [2.24, 2.45) is 0 Å². The van der Waals surface area contributed by atoms with Crippen LogP contribution >= 0.6 is 22.9 Å². The first kappa shape index (κ1) is 19.1. The molecule has 0 fully saturated rings. The van der Waals surface area contributed by atoms with Gasteiger partial charge in [-0.15, -0.1) is 11.3 Å². The van der Waals surface area contributed by atoms with Crippen LogP contribution in [0, 0.1) is 6.92 Å². The van der Waals surface area contributed by atoms with Gasteiger partial charge in [-0.1, -0.05) is 22.8 Å². The van der Waals surface area contributed by atoms with E-state index < -0.39 is 16.1 Å². The van der Waals surface area contributed by atoms with Gasteiger partial charge in [-0.3, -0.25) is 0 Å². The summed E-state index contributed by atoms with van der Waals surface area (Å²) in [5, 5.41) is 16.0. The number of halogens is 1. The van der Waals surface area contributed by atoms with Crippen molar-refractivity contribution in [3.63, 3.8) is 0 Å². The molecule has 1 aliphatic rings. The van der Waals surface area contributed by atoms with Gasteiger partial charge in [0, 0.05) is 6.42 Å². The van der Waals surface area contributed by atoms with E-state index in [1.807, 2.05) is 0 Å². The Kier molecular flexibility index (Phi) is 4.96. The van der Waals surface area contributed by atoms with Crippen molar-refractivity contribution < 1.29 is 27.5 Å². The number of ether oxygens (including phenoxy) is 2. The highest BCUT2D eigenvalue weighted by Crippen LogP contribution is 2.36. The minimum Gasteiger partial charge on any atom is -0.454 e. The molecule has 8 nitrogen and oxygen atoms in total. The number of aliphatic hydroxyl groups is 1. The van der Waals surface area contributed by atoms with Crippen molar-refractivity contribution in [3.05, 3.63) is 50.8 Å². The third-order valence-electron chi connectivity index (χ3n) is 4.13. The van der Waals surface area contributed by atoms with Crippen LogP contribution < -0.4 is 14.2 Å². The lowest BCUT2D eigenvalue weighted by atomic mass is 10.1. The van der Waals surface area contributed by atoms with Crippen LogP contribution in [0.5, 0.6) is 11.5 Å². The van der Waals surface area contributed by atoms with E-state index in [0.717, 1.165) is 16.9 Å². The maximum Gasteiger partial charge on any atom is 0.265 e. The lowest BCUT2D eigenvalue weighted by molar-refractivity contribution is 0.173. The van der Waals surface area contributed by atoms with E-state index in [1.165, 1.54) is 6.07 Å². The number of rotatable bonds is 6. The Morgan fingerprint density at radius 2 is 2.11 bits per heavy atom. The smallest absolute Gasteiger partial charge is 0.265 e. The van der Waals surface area contributed by atoms with E-state index in [1.54, 1.807) is 30.5 Å². The lowest BCUT2D eigenvalue weighted by Gasteiger charge is -2.13. The predicted molar refractivity (Wildman–Crippen MR) is 103 cm³/mol. The first-order valence-electron chi connectivity index (χ1n) is 8.14. The fourth-order valence-corrected chi connectivity index (χ4v) is 5.41. The number of fused-ring (bicyclic) bond motifs is 1. The second-order valence-electron chi connectivity index (χ2n) is 6.07. The molecule has 1 aliphatic heterocycles. The number of thiophene rings is 1. The summed E-state index contributed by atoms with van der Waals surface area (Å²) in [6.45, 7) is 1.75. The number of aryl methyl sites for hydroxylation is 1. The van der Waals surface area contributed by atoms with Crippen LogP contribution in [-0.4, -0.2) is 25.5 Å². The fraction of sp³-hybridized carbons (Fsp3) is 0.235. The summed E-state index contributed by atoms with van der Waals surface area (Å²) in [5.74, 6) is 1.07. The quantitative estimate of drug-likeness (QED) is 0.600. The molecule has 4 rings (SSSR count). The molecule has 28 heavy (non-hydrogen) atoms. The second-order valence-corrected chi connectivity index (χ2v) is 9.05. The SMILES string of the molecule is Cc1noc(NS(=O)(=O)c2ccsc2C(O)Cc2ccc3c(c2)OCO3)c1Cl. The van der Waals surface area contributed by atoms with Crippen LogP contribution in [0.3, 0.4) is 0 Å². The normalized spacial score (nSPS) is 14.2. The third-order valence-corrected chi connectivity index (χ3v) is 7.11. The van der Waals surface area contributed by atoms with E-state index in [-0.39, 0.29) is 29.0 Å². The largest absolute Gasteiger partial charge is 0.454 e. The highest BCUT2D eigenvalue weighted by atomic mass is 35.5. The van der Waals surface area contributed by atoms with Crippen molar-refractivity contribution in [2.75, 3.05) is 11.5 Å². The number of sulfonamides is 1. The van der Waals surface area contributed by atoms with Crippen molar-refractivity contribution >= 4 is 38.8 Å². The Bertz CT molecular complexity index is 1120. The molecule has 148 valence electrons. The Morgan fingerprint density at radius 3 is 2.86 bits per heavy atom. The minimum absolute atomic E-state index is 0.0455. The number of anilines is 1. The average molecular weight is 443 g/mol. The Balaban J connectivity index is 1.57. The molecule has 0 amide bonds. The molecule has 1 atom stereocenters. The molecule has 3 aromatic rings. The standard InChI is InChI=1S/C17H15ClN2O6S2/c1-9-15(18)17(26-19-9)20-28(22,23)14-4-5-27-16(14)11(21)6-10-2-3-12-13(7-10)25-8-24-12/h2-5,7,11,20-21H,6,8H2,1H3. The van der Waals surface area contributed by atoms with Gasteiger partial charge in [0.05, 0.1) is 11.0 Å². The molecule has 0 aliphatic carbocycles. The number of hydrogen-bond donors (Lipinski definition) is 2. The van der Waals surface area contributed by atoms with Crippen molar-refractivity contribution in [1.29, 1.82) is 0 Å². The van der Waals surface area contributed by atoms with Crippen LogP contribution in [0.2, 0.25) is 5.02 Å². The topological polar surface area (TPSA) is 111 Å². The number of aromatic nitrogens is 1. The zero-order valence-corrected chi connectivity index (χ0v) is 16.9. The molecule has 0 bridgehead atoms. The lowest BCUT2D eigenvalue weighted by Crippen LogP contribution is -2.15. The monoisotopic (exact) mass is 442 g/mol. The second kappa shape index (κ2) is 7.28. The zero-order chi connectivity index (χ0) is 19.9. The van der Waals surface area contributed by atoms with E-state index in [0.29, 0.717) is 22.1 Å². The molecule has 0 radical (unpaired) electrons. The van der Waals surface area contributed by atoms with Gasteiger partial charge in [-0.25, -0.2) is 13.1 Å². The molecular weight excluding hydrogens is 428 g/mol. The number of nitrogens with one attached hydrogen (secondary N) is 1. The van der Waals surface area contributed by atoms with Gasteiger partial charge >= 0.3 is 0 Å². The molecule has 2 aromatic heterocycles. The third kappa shape index (κ3) is 3.55. The van der Waals surface area contributed by atoms with Gasteiger partial charge in [0.15, 0.2) is 11.5 Å². The molecule has 0 spiro atoms. The van der Waals surface area contributed by atoms with Crippen molar-refractivity contribution in [3.8, 4) is 11.5 Å². The summed E-state index contributed by atoms with van der Waals surface area (Å²) < 4.78 is 43.3. The van der Waals surface area contributed by atoms with Crippen LogP contribution in [0.15, 0.2) is 39.1 Å². The van der Waals surface area contributed by atoms with Crippen molar-refractivity contribution in [1.82, 2.24) is 5.16 Å². The minimum atomic E-state index is -4.02. The maximum atomic E-state index is 12.8. The Morgan fingerprint density at radius 1 is 1.32 bits per heavy atom. The molecule has 1 unspecified atom stereocenters. The fourth-order valence-electron chi connectivity index (χ4n) is 2.76. The van der Waals surface area contributed by atoms with E-state index in [4.69, 9.17) is 25.6 Å². The van der Waals surface area contributed by atoms with Crippen molar-refractivity contribution in [2.45, 2.75) is 24.3 Å². The first-order valence-corrected chi connectivity index (χ1v) is 10.9. The first-order chi connectivity index (χ1) is 13.3. The van der Waals surface area contributed by atoms with E-state index >= 15 is 0 Å². The summed E-state index contributed by atoms with van der Waals surface area (Å²) >= 11 is 7.13. The summed E-state index contributed by atoms with van der Waals surface area (Å²) in [4.78, 5) is 0.258. The highest BCUT2D eigenvalue weighted by molar-refractivity contribution is 7.93. The molecule has 2 N–H and O–H groups in total. The zero-order valence-electron chi connectivity index (χ0n) is 14.5. The van der Waals surface area contributed by atoms with Crippen LogP contribution in [-0.2, 0) is 16.4 Å². The number of nitrogens with zero attached hydrogens (tertiary/aromatic N) is 1. The van der Waals surface area contributed by atoms with Gasteiger partial charge in [0.2, 0.25) is 6.79 Å². The Hall–Kier alpha value is -2.27. The summed E-state index contributed by atoms with van der Waals surface area (Å²) in [6.07, 6.45) is -0.819. The number of benzene rings is 1. The summed E-state index contributed by atoms with van der Waals surface area (Å²) in [5.41, 5.74) is 1.16. The van der Waals surface area contributed by atoms with Gasteiger partial charge < -0.3 is 19.1 Å². The van der Waals surface area contributed by atoms with Gasteiger partial charge in [-0.05, 0) is 36.1 Å². The van der Waals surface area contributed by atoms with Crippen LogP contribution in [0.25, 0.3) is 0 Å². The summed E-state index contributed by atoms with van der Waals surface area (Å²) in [6, 6.07) is 6.74. The van der Waals surface area contributed by atoms with E-state index in [9.17, 15) is 13.5 Å². The molecule has 1 aromatic carbocycles. The maximum absolute atomic E-state index is 12.8. The number of aliphatic hydroxyl groups excluding tert-OH is 1. The molecular formula is C17H15ClN2O6S2. The molecule has 3 heterocycles. The molecule has 0 saturated carbocycles. The van der Waals surface area contributed by atoms with Gasteiger partial charge in [0.1, 0.15) is 15.6 Å². The number of hydrogen-bond acceptors (Lipinski definition) is 8. The predicted octanol–water partition coefficient (Wildman–Crippen LogP) is 3.50. The van der Waals surface area contributed by atoms with Gasteiger partial charge in [0.25, 0.3) is 15.9 Å². The molecule has 11 heteroatoms. The molecule has 0 saturated heterocycles. The van der Waals surface area contributed by atoms with Gasteiger partial charge in [-0.2, -0.15) is 0 Å².